The number of hydrogen-bond donors (Lipinski definition) is 2. The molecule has 1 aromatic heterocycles. The number of aromatic nitrogens is 1. The van der Waals surface area contributed by atoms with Crippen molar-refractivity contribution in [2.75, 3.05) is 12.4 Å². The topological polar surface area (TPSA) is 86.3 Å². The van der Waals surface area contributed by atoms with Gasteiger partial charge in [-0.2, -0.15) is 0 Å². The van der Waals surface area contributed by atoms with Crippen LogP contribution in [0.2, 0.25) is 5.02 Å². The summed E-state index contributed by atoms with van der Waals surface area (Å²) in [6.07, 6.45) is 3.61. The molecule has 1 heterocycles. The minimum Gasteiger partial charge on any atom is -0.496 e. The Hall–Kier alpha value is -3.32. The zero-order valence-corrected chi connectivity index (χ0v) is 15.9. The largest absolute Gasteiger partial charge is 0.496 e. The molecule has 144 valence electrons. The first-order valence-electron chi connectivity index (χ1n) is 8.24. The Morgan fingerprint density at radius 1 is 1.18 bits per heavy atom. The Balaban J connectivity index is 2.00. The van der Waals surface area contributed by atoms with Crippen molar-refractivity contribution in [3.8, 4) is 11.4 Å². The molecule has 8 heteroatoms. The van der Waals surface area contributed by atoms with Gasteiger partial charge in [0.1, 0.15) is 11.6 Å². The maximum Gasteiger partial charge on any atom is 0.259 e. The number of anilines is 1. The SMILES string of the molecule is COc1cc(-n2cccc2)c(Cl)cc1C(=O)Nc1cc(C(N)=O)cc(F)c1C. The average Bonchev–Trinajstić information content (AvgIpc) is 3.19. The highest BCUT2D eigenvalue weighted by molar-refractivity contribution is 6.33. The van der Waals surface area contributed by atoms with E-state index >= 15 is 0 Å². The number of nitrogens with zero attached hydrogens (tertiary/aromatic N) is 1. The first kappa shape index (κ1) is 19.4. The van der Waals surface area contributed by atoms with Crippen molar-refractivity contribution in [2.24, 2.45) is 5.73 Å². The van der Waals surface area contributed by atoms with Gasteiger partial charge >= 0.3 is 0 Å². The standard InChI is InChI=1S/C20H17ClFN3O3/c1-11-15(22)7-12(19(23)26)8-16(11)24-20(27)13-9-14(21)17(10-18(13)28-2)25-5-3-4-6-25/h3-10H,1-2H3,(H2,23,26)(H,24,27). The Morgan fingerprint density at radius 2 is 1.86 bits per heavy atom. The van der Waals surface area contributed by atoms with Crippen LogP contribution < -0.4 is 15.8 Å². The first-order chi connectivity index (χ1) is 13.3. The summed E-state index contributed by atoms with van der Waals surface area (Å²) in [5.41, 5.74) is 6.27. The van der Waals surface area contributed by atoms with Crippen molar-refractivity contribution in [3.05, 3.63) is 76.3 Å². The van der Waals surface area contributed by atoms with E-state index in [-0.39, 0.29) is 28.1 Å². The minimum absolute atomic E-state index is 0.0497. The predicted octanol–water partition coefficient (Wildman–Crippen LogP) is 3.94. The van der Waals surface area contributed by atoms with Gasteiger partial charge in [-0.1, -0.05) is 11.6 Å². The second kappa shape index (κ2) is 7.74. The van der Waals surface area contributed by atoms with Crippen LogP contribution >= 0.6 is 11.6 Å². The van der Waals surface area contributed by atoms with Gasteiger partial charge < -0.3 is 20.4 Å². The van der Waals surface area contributed by atoms with Gasteiger partial charge in [-0.05, 0) is 37.3 Å². The van der Waals surface area contributed by atoms with Crippen LogP contribution in [-0.4, -0.2) is 23.5 Å². The number of ether oxygens (including phenoxy) is 1. The maximum atomic E-state index is 14.1. The fourth-order valence-electron chi connectivity index (χ4n) is 2.72. The first-order valence-corrected chi connectivity index (χ1v) is 8.61. The van der Waals surface area contributed by atoms with Gasteiger partial charge in [-0.15, -0.1) is 0 Å². The number of amides is 2. The van der Waals surface area contributed by atoms with E-state index in [0.717, 1.165) is 6.07 Å². The highest BCUT2D eigenvalue weighted by Crippen LogP contribution is 2.31. The summed E-state index contributed by atoms with van der Waals surface area (Å²) < 4.78 is 21.2. The molecule has 3 N–H and O–H groups in total. The van der Waals surface area contributed by atoms with Crippen molar-refractivity contribution >= 4 is 29.1 Å². The van der Waals surface area contributed by atoms with E-state index in [4.69, 9.17) is 22.1 Å². The lowest BCUT2D eigenvalue weighted by Crippen LogP contribution is -2.17. The molecule has 0 unspecified atom stereocenters. The van der Waals surface area contributed by atoms with E-state index in [0.29, 0.717) is 10.7 Å². The normalized spacial score (nSPS) is 10.6. The molecular formula is C20H17ClFN3O3. The fourth-order valence-corrected chi connectivity index (χ4v) is 2.98. The number of carbonyl (C=O) groups is 2. The summed E-state index contributed by atoms with van der Waals surface area (Å²) in [6, 6.07) is 9.12. The molecule has 0 aliphatic rings. The van der Waals surface area contributed by atoms with E-state index in [1.54, 1.807) is 10.6 Å². The van der Waals surface area contributed by atoms with Crippen LogP contribution in [0.15, 0.2) is 48.8 Å². The molecule has 0 aliphatic heterocycles. The van der Waals surface area contributed by atoms with Crippen LogP contribution in [0.4, 0.5) is 10.1 Å². The third-order valence-corrected chi connectivity index (χ3v) is 4.58. The lowest BCUT2D eigenvalue weighted by atomic mass is 10.1. The van der Waals surface area contributed by atoms with Crippen molar-refractivity contribution < 1.29 is 18.7 Å². The summed E-state index contributed by atoms with van der Waals surface area (Å²) in [5.74, 6) is -1.73. The highest BCUT2D eigenvalue weighted by atomic mass is 35.5. The highest BCUT2D eigenvalue weighted by Gasteiger charge is 2.19. The Bertz CT molecular complexity index is 1070. The molecule has 0 fully saturated rings. The zero-order chi connectivity index (χ0) is 20.4. The number of nitrogens with two attached hydrogens (primary N) is 1. The summed E-state index contributed by atoms with van der Waals surface area (Å²) in [7, 11) is 1.43. The Kier molecular flexibility index (Phi) is 5.37. The molecule has 2 aromatic carbocycles. The number of benzene rings is 2. The summed E-state index contributed by atoms with van der Waals surface area (Å²) >= 11 is 6.34. The van der Waals surface area contributed by atoms with E-state index in [9.17, 15) is 14.0 Å². The molecular weight excluding hydrogens is 385 g/mol. The van der Waals surface area contributed by atoms with Crippen LogP contribution in [0, 0.1) is 12.7 Å². The summed E-state index contributed by atoms with van der Waals surface area (Å²) in [6.45, 7) is 1.48. The number of nitrogens with one attached hydrogen (secondary N) is 1. The number of halogens is 2. The van der Waals surface area contributed by atoms with Gasteiger partial charge in [0.2, 0.25) is 5.91 Å². The summed E-state index contributed by atoms with van der Waals surface area (Å²) in [4.78, 5) is 24.2. The number of hydrogen-bond acceptors (Lipinski definition) is 3. The predicted molar refractivity (Wildman–Crippen MR) is 105 cm³/mol. The van der Waals surface area contributed by atoms with E-state index in [2.05, 4.69) is 5.32 Å². The molecule has 0 spiro atoms. The third-order valence-electron chi connectivity index (χ3n) is 4.27. The van der Waals surface area contributed by atoms with Crippen LogP contribution in [0.5, 0.6) is 5.75 Å². The lowest BCUT2D eigenvalue weighted by Gasteiger charge is -2.15. The van der Waals surface area contributed by atoms with Crippen molar-refractivity contribution in [3.63, 3.8) is 0 Å². The van der Waals surface area contributed by atoms with Crippen molar-refractivity contribution in [2.45, 2.75) is 6.92 Å². The second-order valence-corrected chi connectivity index (χ2v) is 6.45. The number of carbonyl (C=O) groups excluding carboxylic acids is 2. The molecule has 6 nitrogen and oxygen atoms in total. The third kappa shape index (κ3) is 3.70. The Morgan fingerprint density at radius 3 is 2.46 bits per heavy atom. The number of methoxy groups -OCH3 is 1. The van der Waals surface area contributed by atoms with Gasteiger partial charge in [0.15, 0.2) is 0 Å². The zero-order valence-electron chi connectivity index (χ0n) is 15.1. The molecule has 0 radical (unpaired) electrons. The number of primary amides is 1. The van der Waals surface area contributed by atoms with Crippen LogP contribution in [0.3, 0.4) is 0 Å². The number of rotatable bonds is 5. The molecule has 2 amide bonds. The smallest absolute Gasteiger partial charge is 0.259 e. The molecule has 3 aromatic rings. The van der Waals surface area contributed by atoms with E-state index in [1.165, 1.54) is 26.2 Å². The van der Waals surface area contributed by atoms with Gasteiger partial charge in [0.25, 0.3) is 5.91 Å². The second-order valence-electron chi connectivity index (χ2n) is 6.04. The lowest BCUT2D eigenvalue weighted by molar-refractivity contribution is 0.0995. The molecule has 0 bridgehead atoms. The molecule has 0 saturated carbocycles. The molecule has 28 heavy (non-hydrogen) atoms. The van der Waals surface area contributed by atoms with Gasteiger partial charge in [0, 0.05) is 35.3 Å². The quantitative estimate of drug-likeness (QED) is 0.679. The monoisotopic (exact) mass is 401 g/mol. The van der Waals surface area contributed by atoms with Crippen LogP contribution in [-0.2, 0) is 0 Å². The van der Waals surface area contributed by atoms with Crippen LogP contribution in [0.1, 0.15) is 26.3 Å². The molecule has 0 aliphatic carbocycles. The Labute approximate surface area is 165 Å². The van der Waals surface area contributed by atoms with E-state index < -0.39 is 17.6 Å². The molecule has 0 saturated heterocycles. The molecule has 0 atom stereocenters. The fraction of sp³-hybridized carbons (Fsp3) is 0.100. The van der Waals surface area contributed by atoms with E-state index in [1.807, 2.05) is 24.5 Å². The van der Waals surface area contributed by atoms with Crippen LogP contribution in [0.25, 0.3) is 5.69 Å². The maximum absolute atomic E-state index is 14.1. The van der Waals surface area contributed by atoms with Gasteiger partial charge in [-0.3, -0.25) is 9.59 Å². The molecule has 3 rings (SSSR count). The van der Waals surface area contributed by atoms with Crippen molar-refractivity contribution in [1.29, 1.82) is 0 Å². The van der Waals surface area contributed by atoms with Crippen molar-refractivity contribution in [1.82, 2.24) is 4.57 Å². The van der Waals surface area contributed by atoms with Gasteiger partial charge in [-0.25, -0.2) is 4.39 Å². The van der Waals surface area contributed by atoms with Gasteiger partial charge in [0.05, 0.1) is 23.4 Å². The average molecular weight is 402 g/mol. The minimum atomic E-state index is -0.800. The summed E-state index contributed by atoms with van der Waals surface area (Å²) in [5, 5.41) is 2.92.